The highest BCUT2D eigenvalue weighted by molar-refractivity contribution is 5.92. The summed E-state index contributed by atoms with van der Waals surface area (Å²) in [6.45, 7) is 6.37. The molecule has 5 rings (SSSR count). The molecule has 2 atom stereocenters. The normalized spacial score (nSPS) is 28.3. The predicted molar refractivity (Wildman–Crippen MR) is 130 cm³/mol. The van der Waals surface area contributed by atoms with E-state index in [2.05, 4.69) is 24.5 Å². The van der Waals surface area contributed by atoms with Crippen molar-refractivity contribution in [2.24, 2.45) is 22.7 Å². The Morgan fingerprint density at radius 3 is 2.27 bits per heavy atom. The fourth-order valence-corrected chi connectivity index (χ4v) is 6.20. The largest absolute Gasteiger partial charge is 0.380 e. The van der Waals surface area contributed by atoms with E-state index in [-0.39, 0.29) is 17.2 Å². The Morgan fingerprint density at radius 1 is 1.03 bits per heavy atom. The third-order valence-corrected chi connectivity index (χ3v) is 9.47. The van der Waals surface area contributed by atoms with E-state index in [1.54, 1.807) is 0 Å². The van der Waals surface area contributed by atoms with Crippen LogP contribution in [0.1, 0.15) is 83.6 Å². The van der Waals surface area contributed by atoms with Gasteiger partial charge >= 0.3 is 0 Å². The monoisotopic (exact) mass is 452 g/mol. The summed E-state index contributed by atoms with van der Waals surface area (Å²) < 4.78 is 5.69. The van der Waals surface area contributed by atoms with E-state index < -0.39 is 5.41 Å². The van der Waals surface area contributed by atoms with Crippen LogP contribution in [0.25, 0.3) is 0 Å². The van der Waals surface area contributed by atoms with Gasteiger partial charge in [-0.1, -0.05) is 51.7 Å². The van der Waals surface area contributed by atoms with Crippen LogP contribution < -0.4 is 10.6 Å². The Kier molecular flexibility index (Phi) is 6.05. The van der Waals surface area contributed by atoms with Crippen LogP contribution in [0.15, 0.2) is 24.3 Å². The van der Waals surface area contributed by atoms with Gasteiger partial charge in [0.15, 0.2) is 0 Å². The number of amides is 2. The van der Waals surface area contributed by atoms with Crippen molar-refractivity contribution in [3.05, 3.63) is 29.8 Å². The molecule has 2 N–H and O–H groups in total. The zero-order valence-corrected chi connectivity index (χ0v) is 20.4. The lowest BCUT2D eigenvalue weighted by Gasteiger charge is -2.39. The first-order chi connectivity index (χ1) is 15.8. The molecule has 4 fully saturated rings. The van der Waals surface area contributed by atoms with Crippen LogP contribution in [0.2, 0.25) is 0 Å². The predicted octanol–water partition coefficient (Wildman–Crippen LogP) is 5.20. The smallest absolute Gasteiger partial charge is 0.233 e. The van der Waals surface area contributed by atoms with E-state index in [4.69, 9.17) is 4.74 Å². The van der Waals surface area contributed by atoms with Crippen molar-refractivity contribution in [1.82, 2.24) is 5.32 Å². The Hall–Kier alpha value is -1.88. The summed E-state index contributed by atoms with van der Waals surface area (Å²) in [6, 6.07) is 7.90. The number of anilines is 1. The van der Waals surface area contributed by atoms with Crippen molar-refractivity contribution in [2.75, 3.05) is 25.1 Å². The molecule has 5 heteroatoms. The SMILES string of the molecule is CC1(CNC(=O)C2(c3ccc(NC(=O)CC(C4CCC4)C4(C)CC4)cc3)CCOC2)CCC1. The first kappa shape index (κ1) is 22.9. The van der Waals surface area contributed by atoms with Crippen LogP contribution in [0, 0.1) is 22.7 Å². The second-order valence-corrected chi connectivity index (χ2v) is 12.0. The van der Waals surface area contributed by atoms with Crippen LogP contribution in [-0.4, -0.2) is 31.6 Å². The van der Waals surface area contributed by atoms with Crippen LogP contribution in [0.4, 0.5) is 5.69 Å². The molecule has 3 saturated carbocycles. The molecule has 5 nitrogen and oxygen atoms in total. The highest BCUT2D eigenvalue weighted by Gasteiger charge is 2.49. The summed E-state index contributed by atoms with van der Waals surface area (Å²) in [6.07, 6.45) is 11.4. The maximum Gasteiger partial charge on any atom is 0.233 e. The average Bonchev–Trinajstić information content (AvgIpc) is 3.29. The molecule has 1 saturated heterocycles. The second kappa shape index (κ2) is 8.72. The van der Waals surface area contributed by atoms with Crippen LogP contribution in [0.3, 0.4) is 0 Å². The van der Waals surface area contributed by atoms with Gasteiger partial charge in [-0.15, -0.1) is 0 Å². The van der Waals surface area contributed by atoms with Crippen molar-refractivity contribution >= 4 is 17.5 Å². The van der Waals surface area contributed by atoms with E-state index in [9.17, 15) is 9.59 Å². The first-order valence-corrected chi connectivity index (χ1v) is 13.1. The molecule has 2 unspecified atom stereocenters. The topological polar surface area (TPSA) is 67.4 Å². The van der Waals surface area contributed by atoms with Gasteiger partial charge in [-0.05, 0) is 72.5 Å². The molecular formula is C28H40N2O3. The standard InChI is InChI=1S/C28H40N2O3/c1-26(11-4-12-26)18-29-25(32)28(15-16-33-19-28)21-7-9-22(10-8-21)30-24(31)17-23(20-5-3-6-20)27(2)13-14-27/h7-10,20,23H,3-6,11-19H2,1-2H3,(H,29,32)(H,30,31). The Bertz CT molecular complexity index is 875. The summed E-state index contributed by atoms with van der Waals surface area (Å²) in [5.41, 5.74) is 1.80. The third-order valence-electron chi connectivity index (χ3n) is 9.47. The number of nitrogens with one attached hydrogen (secondary N) is 2. The number of hydrogen-bond donors (Lipinski definition) is 2. The lowest BCUT2D eigenvalue weighted by Crippen LogP contribution is -2.49. The molecule has 0 spiro atoms. The number of carbonyl (C=O) groups is 2. The van der Waals surface area contributed by atoms with Gasteiger partial charge in [0.1, 0.15) is 0 Å². The number of hydrogen-bond acceptors (Lipinski definition) is 3. The molecule has 1 aromatic carbocycles. The first-order valence-electron chi connectivity index (χ1n) is 13.1. The van der Waals surface area contributed by atoms with Crippen molar-refractivity contribution < 1.29 is 14.3 Å². The maximum absolute atomic E-state index is 13.3. The molecular weight excluding hydrogens is 412 g/mol. The molecule has 33 heavy (non-hydrogen) atoms. The van der Waals surface area contributed by atoms with Crippen molar-refractivity contribution in [3.63, 3.8) is 0 Å². The Morgan fingerprint density at radius 2 is 1.76 bits per heavy atom. The van der Waals surface area contributed by atoms with Crippen molar-refractivity contribution in [2.45, 2.75) is 83.5 Å². The third kappa shape index (κ3) is 4.58. The van der Waals surface area contributed by atoms with Crippen LogP contribution in [0.5, 0.6) is 0 Å². The van der Waals surface area contributed by atoms with Gasteiger partial charge in [0.05, 0.1) is 12.0 Å². The summed E-state index contributed by atoms with van der Waals surface area (Å²) in [7, 11) is 0. The lowest BCUT2D eigenvalue weighted by atomic mass is 9.68. The van der Waals surface area contributed by atoms with Gasteiger partial charge in [0.25, 0.3) is 0 Å². The molecule has 0 radical (unpaired) electrons. The molecule has 1 heterocycles. The van der Waals surface area contributed by atoms with Crippen LogP contribution >= 0.6 is 0 Å². The lowest BCUT2D eigenvalue weighted by molar-refractivity contribution is -0.127. The van der Waals surface area contributed by atoms with Crippen LogP contribution in [-0.2, 0) is 19.7 Å². The fraction of sp³-hybridized carbons (Fsp3) is 0.714. The zero-order chi connectivity index (χ0) is 23.1. The maximum atomic E-state index is 13.3. The van der Waals surface area contributed by atoms with Crippen molar-refractivity contribution in [3.8, 4) is 0 Å². The van der Waals surface area contributed by atoms with Gasteiger partial charge in [0.2, 0.25) is 11.8 Å². The van der Waals surface area contributed by atoms with Gasteiger partial charge in [-0.2, -0.15) is 0 Å². The average molecular weight is 453 g/mol. The second-order valence-electron chi connectivity index (χ2n) is 12.0. The molecule has 0 aromatic heterocycles. The summed E-state index contributed by atoms with van der Waals surface area (Å²) >= 11 is 0. The number of benzene rings is 1. The number of ether oxygens (including phenoxy) is 1. The minimum Gasteiger partial charge on any atom is -0.380 e. The summed E-state index contributed by atoms with van der Waals surface area (Å²) in [5.74, 6) is 1.45. The zero-order valence-electron chi connectivity index (χ0n) is 20.4. The molecule has 0 bridgehead atoms. The molecule has 1 aromatic rings. The number of rotatable bonds is 9. The van der Waals surface area contributed by atoms with E-state index in [1.165, 1.54) is 51.4 Å². The summed E-state index contributed by atoms with van der Waals surface area (Å²) in [4.78, 5) is 26.1. The summed E-state index contributed by atoms with van der Waals surface area (Å²) in [5, 5.41) is 6.35. The molecule has 2 amide bonds. The molecule has 3 aliphatic carbocycles. The van der Waals surface area contributed by atoms with Gasteiger partial charge in [-0.25, -0.2) is 0 Å². The minimum atomic E-state index is -0.626. The van der Waals surface area contributed by atoms with Gasteiger partial charge < -0.3 is 15.4 Å². The Balaban J connectivity index is 1.22. The minimum absolute atomic E-state index is 0.0749. The van der Waals surface area contributed by atoms with E-state index in [0.29, 0.717) is 37.4 Å². The highest BCUT2D eigenvalue weighted by Crippen LogP contribution is 2.58. The highest BCUT2D eigenvalue weighted by atomic mass is 16.5. The van der Waals surface area contributed by atoms with Gasteiger partial charge in [0, 0.05) is 25.3 Å². The number of carbonyl (C=O) groups excluding carboxylic acids is 2. The van der Waals surface area contributed by atoms with E-state index in [1.807, 2.05) is 24.3 Å². The molecule has 1 aliphatic heterocycles. The van der Waals surface area contributed by atoms with E-state index in [0.717, 1.165) is 23.7 Å². The fourth-order valence-electron chi connectivity index (χ4n) is 6.20. The van der Waals surface area contributed by atoms with Crippen molar-refractivity contribution in [1.29, 1.82) is 0 Å². The van der Waals surface area contributed by atoms with Gasteiger partial charge in [-0.3, -0.25) is 9.59 Å². The molecule has 4 aliphatic rings. The van der Waals surface area contributed by atoms with E-state index >= 15 is 0 Å². The quantitative estimate of drug-likeness (QED) is 0.541. The molecule has 180 valence electrons. The Labute approximate surface area is 198 Å².